The lowest BCUT2D eigenvalue weighted by atomic mass is 10.0. The van der Waals surface area contributed by atoms with Crippen LogP contribution in [-0.2, 0) is 0 Å². The highest BCUT2D eigenvalue weighted by Crippen LogP contribution is 2.17. The molecule has 3 nitrogen and oxygen atoms in total. The molecular formula is C14H18BrFN2O. The van der Waals surface area contributed by atoms with Crippen LogP contribution in [-0.4, -0.2) is 37.0 Å². The Kier molecular flexibility index (Phi) is 4.93. The quantitative estimate of drug-likeness (QED) is 0.925. The van der Waals surface area contributed by atoms with E-state index in [9.17, 15) is 9.18 Å². The molecule has 0 aliphatic carbocycles. The maximum Gasteiger partial charge on any atom is 0.253 e. The summed E-state index contributed by atoms with van der Waals surface area (Å²) >= 11 is 3.21. The van der Waals surface area contributed by atoms with E-state index in [0.29, 0.717) is 22.6 Å². The van der Waals surface area contributed by atoms with Crippen molar-refractivity contribution < 1.29 is 9.18 Å². The summed E-state index contributed by atoms with van der Waals surface area (Å²) in [5, 5.41) is 3.40. The minimum Gasteiger partial charge on any atom is -0.340 e. The predicted molar refractivity (Wildman–Crippen MR) is 76.7 cm³/mol. The van der Waals surface area contributed by atoms with Crippen molar-refractivity contribution in [2.75, 3.05) is 20.1 Å². The van der Waals surface area contributed by atoms with Crippen molar-refractivity contribution in [3.8, 4) is 0 Å². The van der Waals surface area contributed by atoms with Crippen LogP contribution in [0.2, 0.25) is 0 Å². The Morgan fingerprint density at radius 1 is 1.47 bits per heavy atom. The molecule has 1 fully saturated rings. The van der Waals surface area contributed by atoms with Crippen molar-refractivity contribution in [3.63, 3.8) is 0 Å². The minimum absolute atomic E-state index is 0.146. The lowest BCUT2D eigenvalue weighted by Gasteiger charge is -2.28. The van der Waals surface area contributed by atoms with E-state index >= 15 is 0 Å². The topological polar surface area (TPSA) is 32.3 Å². The second-order valence-electron chi connectivity index (χ2n) is 4.99. The van der Waals surface area contributed by atoms with Gasteiger partial charge in [-0.05, 0) is 37.6 Å². The first-order chi connectivity index (χ1) is 9.06. The van der Waals surface area contributed by atoms with E-state index in [4.69, 9.17) is 0 Å². The van der Waals surface area contributed by atoms with Gasteiger partial charge in [0.25, 0.3) is 5.91 Å². The average molecular weight is 329 g/mol. The summed E-state index contributed by atoms with van der Waals surface area (Å²) in [6, 6.07) is 4.62. The first-order valence-corrected chi connectivity index (χ1v) is 7.30. The van der Waals surface area contributed by atoms with Crippen LogP contribution in [0, 0.1) is 5.82 Å². The van der Waals surface area contributed by atoms with Crippen molar-refractivity contribution in [1.29, 1.82) is 0 Å². The molecule has 1 heterocycles. The Balaban J connectivity index is 2.01. The van der Waals surface area contributed by atoms with Crippen LogP contribution < -0.4 is 5.32 Å². The largest absolute Gasteiger partial charge is 0.340 e. The summed E-state index contributed by atoms with van der Waals surface area (Å²) in [5.74, 6) is -0.547. The molecule has 1 N–H and O–H groups in total. The number of piperidine rings is 1. The molecule has 0 aromatic heterocycles. The van der Waals surface area contributed by atoms with Gasteiger partial charge < -0.3 is 10.2 Å². The summed E-state index contributed by atoms with van der Waals surface area (Å²) < 4.78 is 13.9. The fourth-order valence-corrected chi connectivity index (χ4v) is 2.86. The van der Waals surface area contributed by atoms with Crippen molar-refractivity contribution >= 4 is 21.8 Å². The van der Waals surface area contributed by atoms with Gasteiger partial charge in [-0.2, -0.15) is 0 Å². The van der Waals surface area contributed by atoms with Gasteiger partial charge in [-0.3, -0.25) is 4.79 Å². The van der Waals surface area contributed by atoms with Crippen LogP contribution in [0.5, 0.6) is 0 Å². The van der Waals surface area contributed by atoms with Crippen LogP contribution in [0.15, 0.2) is 22.7 Å². The standard InChI is InChI=1S/C14H18BrFN2O/c1-18(9-13-4-2-3-5-17-13)14(19)10-6-11(15)8-12(16)7-10/h6-8,13,17H,2-5,9H2,1H3. The molecule has 0 spiro atoms. The summed E-state index contributed by atoms with van der Waals surface area (Å²) in [4.78, 5) is 13.9. The highest BCUT2D eigenvalue weighted by atomic mass is 79.9. The number of hydrogen-bond donors (Lipinski definition) is 1. The maximum absolute atomic E-state index is 13.3. The first-order valence-electron chi connectivity index (χ1n) is 6.51. The van der Waals surface area contributed by atoms with Crippen LogP contribution in [0.3, 0.4) is 0 Å². The normalized spacial score (nSPS) is 19.2. The number of amides is 1. The Bertz CT molecular complexity index is 441. The number of benzene rings is 1. The van der Waals surface area contributed by atoms with E-state index in [1.54, 1.807) is 18.0 Å². The molecule has 0 saturated carbocycles. The molecule has 1 amide bonds. The smallest absolute Gasteiger partial charge is 0.253 e. The lowest BCUT2D eigenvalue weighted by Crippen LogP contribution is -2.44. The molecule has 0 radical (unpaired) electrons. The number of rotatable bonds is 3. The maximum atomic E-state index is 13.3. The highest BCUT2D eigenvalue weighted by molar-refractivity contribution is 9.10. The molecule has 1 aromatic carbocycles. The zero-order chi connectivity index (χ0) is 13.8. The molecule has 1 unspecified atom stereocenters. The molecule has 1 atom stereocenters. The third-order valence-electron chi connectivity index (χ3n) is 3.36. The Labute approximate surface area is 121 Å². The van der Waals surface area contributed by atoms with Gasteiger partial charge in [0.2, 0.25) is 0 Å². The van der Waals surface area contributed by atoms with Crippen LogP contribution in [0.25, 0.3) is 0 Å². The summed E-state index contributed by atoms with van der Waals surface area (Å²) in [7, 11) is 1.76. The minimum atomic E-state index is -0.401. The van der Waals surface area contributed by atoms with Crippen LogP contribution >= 0.6 is 15.9 Å². The van der Waals surface area contributed by atoms with Crippen molar-refractivity contribution in [2.24, 2.45) is 0 Å². The molecule has 19 heavy (non-hydrogen) atoms. The predicted octanol–water partition coefficient (Wildman–Crippen LogP) is 2.80. The van der Waals surface area contributed by atoms with Gasteiger partial charge >= 0.3 is 0 Å². The lowest BCUT2D eigenvalue weighted by molar-refractivity contribution is 0.0775. The van der Waals surface area contributed by atoms with Gasteiger partial charge in [0.15, 0.2) is 0 Å². The Hall–Kier alpha value is -0.940. The summed E-state index contributed by atoms with van der Waals surface area (Å²) in [6.07, 6.45) is 3.49. The first kappa shape index (κ1) is 14.5. The Morgan fingerprint density at radius 2 is 2.26 bits per heavy atom. The number of carbonyl (C=O) groups is 1. The van der Waals surface area contributed by atoms with Gasteiger partial charge in [0, 0.05) is 29.7 Å². The van der Waals surface area contributed by atoms with Gasteiger partial charge in [-0.15, -0.1) is 0 Å². The molecule has 1 saturated heterocycles. The van der Waals surface area contributed by atoms with E-state index < -0.39 is 5.82 Å². The average Bonchev–Trinajstić information content (AvgIpc) is 2.37. The number of hydrogen-bond acceptors (Lipinski definition) is 2. The number of carbonyl (C=O) groups excluding carboxylic acids is 1. The van der Waals surface area contributed by atoms with E-state index in [1.165, 1.54) is 25.0 Å². The number of nitrogens with zero attached hydrogens (tertiary/aromatic N) is 1. The molecule has 104 valence electrons. The fraction of sp³-hybridized carbons (Fsp3) is 0.500. The Morgan fingerprint density at radius 3 is 2.89 bits per heavy atom. The monoisotopic (exact) mass is 328 g/mol. The summed E-state index contributed by atoms with van der Waals surface area (Å²) in [5.41, 5.74) is 0.380. The van der Waals surface area contributed by atoms with E-state index in [0.717, 1.165) is 13.0 Å². The van der Waals surface area contributed by atoms with Crippen LogP contribution in [0.1, 0.15) is 29.6 Å². The molecule has 1 aliphatic heterocycles. The second-order valence-corrected chi connectivity index (χ2v) is 5.91. The molecule has 1 aromatic rings. The van der Waals surface area contributed by atoms with Gasteiger partial charge in [0.1, 0.15) is 5.82 Å². The molecule has 5 heteroatoms. The SMILES string of the molecule is CN(CC1CCCCN1)C(=O)c1cc(F)cc(Br)c1. The van der Waals surface area contributed by atoms with Gasteiger partial charge in [0.05, 0.1) is 0 Å². The van der Waals surface area contributed by atoms with Crippen molar-refractivity contribution in [3.05, 3.63) is 34.1 Å². The van der Waals surface area contributed by atoms with Crippen molar-refractivity contribution in [1.82, 2.24) is 10.2 Å². The highest BCUT2D eigenvalue weighted by Gasteiger charge is 2.19. The third kappa shape index (κ3) is 4.01. The molecule has 1 aliphatic rings. The second kappa shape index (κ2) is 6.48. The van der Waals surface area contributed by atoms with E-state index in [2.05, 4.69) is 21.2 Å². The molecule has 0 bridgehead atoms. The third-order valence-corrected chi connectivity index (χ3v) is 3.82. The molecular weight excluding hydrogens is 311 g/mol. The van der Waals surface area contributed by atoms with Crippen LogP contribution in [0.4, 0.5) is 4.39 Å². The number of likely N-dealkylation sites (N-methyl/N-ethyl adjacent to an activating group) is 1. The number of nitrogens with one attached hydrogen (secondary N) is 1. The zero-order valence-electron chi connectivity index (χ0n) is 11.0. The van der Waals surface area contributed by atoms with E-state index in [1.807, 2.05) is 0 Å². The van der Waals surface area contributed by atoms with Gasteiger partial charge in [-0.1, -0.05) is 22.4 Å². The van der Waals surface area contributed by atoms with Crippen molar-refractivity contribution in [2.45, 2.75) is 25.3 Å². The zero-order valence-corrected chi connectivity index (χ0v) is 12.5. The van der Waals surface area contributed by atoms with Gasteiger partial charge in [-0.25, -0.2) is 4.39 Å². The summed E-state index contributed by atoms with van der Waals surface area (Å²) in [6.45, 7) is 1.67. The number of halogens is 2. The molecule has 2 rings (SSSR count). The van der Waals surface area contributed by atoms with E-state index in [-0.39, 0.29) is 5.91 Å². The fourth-order valence-electron chi connectivity index (χ4n) is 2.39.